The second-order valence-electron chi connectivity index (χ2n) is 6.09. The van der Waals surface area contributed by atoms with Gasteiger partial charge in [-0.1, -0.05) is 19.1 Å². The van der Waals surface area contributed by atoms with Gasteiger partial charge in [-0.15, -0.1) is 10.2 Å². The van der Waals surface area contributed by atoms with Crippen LogP contribution in [-0.2, 0) is 11.2 Å². The summed E-state index contributed by atoms with van der Waals surface area (Å²) in [7, 11) is 0. The van der Waals surface area contributed by atoms with Crippen LogP contribution in [0.1, 0.15) is 35.0 Å². The van der Waals surface area contributed by atoms with Crippen LogP contribution in [0.15, 0.2) is 53.3 Å². The number of aromatic nitrogens is 3. The van der Waals surface area contributed by atoms with E-state index in [2.05, 4.69) is 20.5 Å². The Balaban J connectivity index is 1.66. The van der Waals surface area contributed by atoms with Crippen LogP contribution in [0, 0.1) is 5.82 Å². The number of hydrogen-bond donors (Lipinski definition) is 2. The highest BCUT2D eigenvalue weighted by Gasteiger charge is 2.09. The second-order valence-corrected chi connectivity index (χ2v) is 6.09. The van der Waals surface area contributed by atoms with E-state index >= 15 is 0 Å². The smallest absolute Gasteiger partial charge is 0.338 e. The van der Waals surface area contributed by atoms with E-state index in [-0.39, 0.29) is 35.4 Å². The van der Waals surface area contributed by atoms with Crippen LogP contribution in [0.2, 0.25) is 0 Å². The van der Waals surface area contributed by atoms with Crippen LogP contribution >= 0.6 is 0 Å². The van der Waals surface area contributed by atoms with Crippen molar-refractivity contribution in [3.63, 3.8) is 0 Å². The van der Waals surface area contributed by atoms with Gasteiger partial charge in [-0.05, 0) is 48.4 Å². The zero-order valence-corrected chi connectivity index (χ0v) is 15.2. The largest absolute Gasteiger partial charge is 0.462 e. The predicted octanol–water partition coefficient (Wildman–Crippen LogP) is 3.21. The molecule has 0 bridgehead atoms. The summed E-state index contributed by atoms with van der Waals surface area (Å²) in [4.78, 5) is 26.6. The number of aromatic amines is 1. The van der Waals surface area contributed by atoms with Gasteiger partial charge in [0.15, 0.2) is 0 Å². The molecular weight excluding hydrogens is 363 g/mol. The van der Waals surface area contributed by atoms with Gasteiger partial charge in [0.2, 0.25) is 5.95 Å². The molecule has 0 amide bonds. The predicted molar refractivity (Wildman–Crippen MR) is 102 cm³/mol. The highest BCUT2D eigenvalue weighted by molar-refractivity contribution is 5.89. The van der Waals surface area contributed by atoms with Crippen molar-refractivity contribution in [3.8, 4) is 0 Å². The topological polar surface area (TPSA) is 97.0 Å². The summed E-state index contributed by atoms with van der Waals surface area (Å²) < 4.78 is 18.0. The van der Waals surface area contributed by atoms with Gasteiger partial charge in [-0.2, -0.15) is 0 Å². The minimum absolute atomic E-state index is 0.175. The maximum absolute atomic E-state index is 13.0. The minimum atomic E-state index is -0.387. The molecule has 1 heterocycles. The van der Waals surface area contributed by atoms with Crippen molar-refractivity contribution in [2.24, 2.45) is 0 Å². The number of carbonyl (C=O) groups excluding carboxylic acids is 1. The lowest BCUT2D eigenvalue weighted by Gasteiger charge is -2.07. The molecule has 0 atom stereocenters. The van der Waals surface area contributed by atoms with Gasteiger partial charge in [-0.3, -0.25) is 9.78 Å². The molecule has 3 rings (SSSR count). The molecule has 2 aromatic carbocycles. The van der Waals surface area contributed by atoms with E-state index in [1.807, 2.05) is 6.92 Å². The fourth-order valence-electron chi connectivity index (χ4n) is 2.43. The third kappa shape index (κ3) is 5.00. The molecule has 0 aliphatic rings. The average Bonchev–Trinajstić information content (AvgIpc) is 2.70. The molecule has 0 fully saturated rings. The number of carbonyl (C=O) groups is 1. The Morgan fingerprint density at radius 1 is 1.11 bits per heavy atom. The SMILES string of the molecule is CCCOC(=O)c1ccc(Nc2nnc(Cc3ccc(F)cc3)c(=O)[nH]2)cc1. The molecule has 0 saturated heterocycles. The third-order valence-corrected chi connectivity index (χ3v) is 3.87. The molecule has 2 N–H and O–H groups in total. The van der Waals surface area contributed by atoms with Crippen LogP contribution in [-0.4, -0.2) is 27.8 Å². The van der Waals surface area contributed by atoms with Crippen molar-refractivity contribution >= 4 is 17.6 Å². The second kappa shape index (κ2) is 8.90. The molecule has 1 aromatic heterocycles. The number of anilines is 2. The van der Waals surface area contributed by atoms with Crippen molar-refractivity contribution in [2.45, 2.75) is 19.8 Å². The van der Waals surface area contributed by atoms with Gasteiger partial charge in [-0.25, -0.2) is 9.18 Å². The van der Waals surface area contributed by atoms with Crippen molar-refractivity contribution in [3.05, 3.63) is 81.5 Å². The number of nitrogens with one attached hydrogen (secondary N) is 2. The quantitative estimate of drug-likeness (QED) is 0.609. The van der Waals surface area contributed by atoms with Crippen LogP contribution in [0.5, 0.6) is 0 Å². The number of hydrogen-bond acceptors (Lipinski definition) is 6. The van der Waals surface area contributed by atoms with Gasteiger partial charge >= 0.3 is 5.97 Å². The lowest BCUT2D eigenvalue weighted by Crippen LogP contribution is -2.18. The summed E-state index contributed by atoms with van der Waals surface area (Å²) in [5, 5.41) is 10.8. The molecule has 0 aliphatic carbocycles. The Labute approximate surface area is 160 Å². The molecule has 8 heteroatoms. The first-order valence-corrected chi connectivity index (χ1v) is 8.79. The summed E-state index contributed by atoms with van der Waals surface area (Å²) in [5.74, 6) is -0.547. The molecule has 144 valence electrons. The highest BCUT2D eigenvalue weighted by atomic mass is 19.1. The average molecular weight is 382 g/mol. The fourth-order valence-corrected chi connectivity index (χ4v) is 2.43. The van der Waals surface area contributed by atoms with Gasteiger partial charge in [0, 0.05) is 12.1 Å². The van der Waals surface area contributed by atoms with Gasteiger partial charge in [0.05, 0.1) is 12.2 Å². The molecule has 0 aliphatic heterocycles. The normalized spacial score (nSPS) is 10.5. The Morgan fingerprint density at radius 3 is 2.46 bits per heavy atom. The number of nitrogens with zero attached hydrogens (tertiary/aromatic N) is 2. The summed E-state index contributed by atoms with van der Waals surface area (Å²) in [6.45, 7) is 2.30. The maximum Gasteiger partial charge on any atom is 0.338 e. The summed E-state index contributed by atoms with van der Waals surface area (Å²) in [5.41, 5.74) is 1.66. The molecular formula is C20H19FN4O3. The molecule has 0 unspecified atom stereocenters. The Kier molecular flexibility index (Phi) is 6.11. The Hall–Kier alpha value is -3.55. The molecule has 7 nitrogen and oxygen atoms in total. The number of ether oxygens (including phenoxy) is 1. The van der Waals surface area contributed by atoms with Crippen LogP contribution in [0.4, 0.5) is 16.0 Å². The van der Waals surface area contributed by atoms with Crippen molar-refractivity contribution in [1.29, 1.82) is 0 Å². The van der Waals surface area contributed by atoms with Crippen molar-refractivity contribution in [2.75, 3.05) is 11.9 Å². The molecule has 0 radical (unpaired) electrons. The third-order valence-electron chi connectivity index (χ3n) is 3.87. The summed E-state index contributed by atoms with van der Waals surface area (Å²) in [6.07, 6.45) is 1.01. The monoisotopic (exact) mass is 382 g/mol. The highest BCUT2D eigenvalue weighted by Crippen LogP contribution is 2.14. The molecule has 0 saturated carbocycles. The zero-order valence-electron chi connectivity index (χ0n) is 15.2. The summed E-state index contributed by atoms with van der Waals surface area (Å²) >= 11 is 0. The van der Waals surface area contributed by atoms with Gasteiger partial charge in [0.25, 0.3) is 5.56 Å². The zero-order chi connectivity index (χ0) is 19.9. The van der Waals surface area contributed by atoms with Crippen LogP contribution in [0.25, 0.3) is 0 Å². The number of H-pyrrole nitrogens is 1. The van der Waals surface area contributed by atoms with E-state index in [1.165, 1.54) is 12.1 Å². The first-order valence-electron chi connectivity index (χ1n) is 8.79. The van der Waals surface area contributed by atoms with Crippen molar-refractivity contribution in [1.82, 2.24) is 15.2 Å². The Bertz CT molecular complexity index is 1000. The molecule has 0 spiro atoms. The maximum atomic E-state index is 13.0. The van der Waals surface area contributed by atoms with Crippen LogP contribution < -0.4 is 10.9 Å². The standard InChI is InChI=1S/C20H19FN4O3/c1-2-11-28-19(27)14-5-9-16(10-6-14)22-20-23-18(26)17(24-25-20)12-13-3-7-15(21)8-4-13/h3-10H,2,11-12H2,1H3,(H2,22,23,25,26). The first-order chi connectivity index (χ1) is 13.5. The van der Waals surface area contributed by atoms with E-state index in [9.17, 15) is 14.0 Å². The van der Waals surface area contributed by atoms with E-state index in [0.717, 1.165) is 12.0 Å². The molecule has 28 heavy (non-hydrogen) atoms. The number of halogens is 1. The minimum Gasteiger partial charge on any atom is -0.462 e. The van der Waals surface area contributed by atoms with E-state index in [0.29, 0.717) is 17.9 Å². The van der Waals surface area contributed by atoms with Crippen LogP contribution in [0.3, 0.4) is 0 Å². The molecule has 3 aromatic rings. The lowest BCUT2D eigenvalue weighted by atomic mass is 10.1. The van der Waals surface area contributed by atoms with Gasteiger partial charge < -0.3 is 10.1 Å². The summed E-state index contributed by atoms with van der Waals surface area (Å²) in [6, 6.07) is 12.4. The van der Waals surface area contributed by atoms with E-state index in [4.69, 9.17) is 4.74 Å². The van der Waals surface area contributed by atoms with E-state index in [1.54, 1.807) is 36.4 Å². The first kappa shape index (κ1) is 19.2. The number of rotatable bonds is 7. The van der Waals surface area contributed by atoms with E-state index < -0.39 is 0 Å². The van der Waals surface area contributed by atoms with Gasteiger partial charge in [0.1, 0.15) is 11.5 Å². The Morgan fingerprint density at radius 2 is 1.82 bits per heavy atom. The number of esters is 1. The fraction of sp³-hybridized carbons (Fsp3) is 0.200. The van der Waals surface area contributed by atoms with Crippen molar-refractivity contribution < 1.29 is 13.9 Å². The lowest BCUT2D eigenvalue weighted by molar-refractivity contribution is 0.0505. The number of benzene rings is 2.